The standard InChI is InChI=1S/C19H22O6/c1-21-17(14-10-6-5-7-11-14)19(20,24-4)18(22-2,23-3)15-12-8-9-13-16(15)25-17/h5-13,20H,1-4H3. The van der Waals surface area contributed by atoms with Crippen molar-refractivity contribution in [2.75, 3.05) is 28.4 Å². The first-order valence-electron chi connectivity index (χ1n) is 7.82. The lowest BCUT2D eigenvalue weighted by atomic mass is 9.82. The summed E-state index contributed by atoms with van der Waals surface area (Å²) in [4.78, 5) is 0. The van der Waals surface area contributed by atoms with Crippen molar-refractivity contribution in [2.45, 2.75) is 17.4 Å². The first-order valence-corrected chi connectivity index (χ1v) is 7.82. The molecule has 0 saturated carbocycles. The van der Waals surface area contributed by atoms with Gasteiger partial charge in [0.25, 0.3) is 17.4 Å². The summed E-state index contributed by atoms with van der Waals surface area (Å²) in [5, 5.41) is 11.7. The zero-order valence-electron chi connectivity index (χ0n) is 14.7. The number of aliphatic hydroxyl groups is 1. The van der Waals surface area contributed by atoms with E-state index in [-0.39, 0.29) is 0 Å². The Morgan fingerprint density at radius 1 is 0.760 bits per heavy atom. The van der Waals surface area contributed by atoms with Crippen LogP contribution in [0, 0.1) is 0 Å². The molecule has 25 heavy (non-hydrogen) atoms. The average molecular weight is 346 g/mol. The Bertz CT molecular complexity index is 730. The Hall–Kier alpha value is -1.96. The molecule has 6 heteroatoms. The van der Waals surface area contributed by atoms with Gasteiger partial charge in [-0.3, -0.25) is 0 Å². The molecule has 134 valence electrons. The van der Waals surface area contributed by atoms with E-state index in [9.17, 15) is 5.11 Å². The fourth-order valence-electron chi connectivity index (χ4n) is 3.51. The predicted octanol–water partition coefficient (Wildman–Crippen LogP) is 2.36. The van der Waals surface area contributed by atoms with Gasteiger partial charge in [0.15, 0.2) is 0 Å². The second kappa shape index (κ2) is 6.40. The van der Waals surface area contributed by atoms with E-state index in [2.05, 4.69) is 0 Å². The average Bonchev–Trinajstić information content (AvgIpc) is 2.68. The molecule has 1 aliphatic rings. The van der Waals surface area contributed by atoms with Crippen molar-refractivity contribution in [2.24, 2.45) is 0 Å². The number of benzene rings is 2. The van der Waals surface area contributed by atoms with Gasteiger partial charge in [-0.25, -0.2) is 0 Å². The van der Waals surface area contributed by atoms with Gasteiger partial charge in [0, 0.05) is 34.0 Å². The van der Waals surface area contributed by atoms with Crippen LogP contribution in [0.1, 0.15) is 11.1 Å². The lowest BCUT2D eigenvalue weighted by Gasteiger charge is -2.55. The van der Waals surface area contributed by atoms with Gasteiger partial charge < -0.3 is 28.8 Å². The summed E-state index contributed by atoms with van der Waals surface area (Å²) in [7, 11) is 5.64. The van der Waals surface area contributed by atoms with Crippen LogP contribution >= 0.6 is 0 Å². The van der Waals surface area contributed by atoms with Gasteiger partial charge in [-0.15, -0.1) is 0 Å². The predicted molar refractivity (Wildman–Crippen MR) is 89.9 cm³/mol. The first kappa shape index (κ1) is 17.8. The van der Waals surface area contributed by atoms with Gasteiger partial charge in [0.05, 0.1) is 5.56 Å². The van der Waals surface area contributed by atoms with Crippen molar-refractivity contribution in [3.05, 3.63) is 65.7 Å². The van der Waals surface area contributed by atoms with E-state index in [4.69, 9.17) is 23.7 Å². The van der Waals surface area contributed by atoms with Gasteiger partial charge in [-0.1, -0.05) is 42.5 Å². The van der Waals surface area contributed by atoms with E-state index in [1.807, 2.05) is 24.3 Å². The highest BCUT2D eigenvalue weighted by molar-refractivity contribution is 5.44. The molecule has 3 rings (SSSR count). The molecule has 1 aliphatic heterocycles. The summed E-state index contributed by atoms with van der Waals surface area (Å²) >= 11 is 0. The summed E-state index contributed by atoms with van der Waals surface area (Å²) in [6.45, 7) is 0. The van der Waals surface area contributed by atoms with Crippen molar-refractivity contribution >= 4 is 0 Å². The van der Waals surface area contributed by atoms with Crippen LogP contribution in [0.5, 0.6) is 5.75 Å². The number of ether oxygens (including phenoxy) is 5. The molecular formula is C19H22O6. The normalized spacial score (nSPS) is 27.4. The fraction of sp³-hybridized carbons (Fsp3) is 0.368. The molecule has 0 saturated heterocycles. The molecule has 2 aromatic rings. The summed E-state index contributed by atoms with van der Waals surface area (Å²) in [6, 6.07) is 16.2. The monoisotopic (exact) mass is 346 g/mol. The van der Waals surface area contributed by atoms with Gasteiger partial charge in [-0.2, -0.15) is 0 Å². The third-order valence-electron chi connectivity index (χ3n) is 4.70. The summed E-state index contributed by atoms with van der Waals surface area (Å²) < 4.78 is 28.8. The van der Waals surface area contributed by atoms with Gasteiger partial charge in [-0.05, 0) is 12.1 Å². The van der Waals surface area contributed by atoms with E-state index in [1.54, 1.807) is 30.3 Å². The van der Waals surface area contributed by atoms with E-state index < -0.39 is 17.4 Å². The molecule has 6 nitrogen and oxygen atoms in total. The Morgan fingerprint density at radius 3 is 1.92 bits per heavy atom. The molecule has 2 aromatic carbocycles. The van der Waals surface area contributed by atoms with Crippen molar-refractivity contribution < 1.29 is 28.8 Å². The minimum atomic E-state index is -2.14. The number of para-hydroxylation sites is 1. The van der Waals surface area contributed by atoms with Crippen LogP contribution in [0.4, 0.5) is 0 Å². The lowest BCUT2D eigenvalue weighted by molar-refractivity contribution is -0.484. The molecule has 0 aromatic heterocycles. The molecule has 0 spiro atoms. The molecule has 1 N–H and O–H groups in total. The van der Waals surface area contributed by atoms with Crippen LogP contribution in [-0.4, -0.2) is 39.3 Å². The smallest absolute Gasteiger partial charge is 0.298 e. The van der Waals surface area contributed by atoms with Crippen LogP contribution in [0.2, 0.25) is 0 Å². The second-order valence-electron chi connectivity index (χ2n) is 5.66. The highest BCUT2D eigenvalue weighted by Gasteiger charge is 2.73. The van der Waals surface area contributed by atoms with Crippen molar-refractivity contribution in [1.29, 1.82) is 0 Å². The summed E-state index contributed by atoms with van der Waals surface area (Å²) in [5.74, 6) is -5.08. The number of fused-ring (bicyclic) bond motifs is 1. The van der Waals surface area contributed by atoms with Gasteiger partial charge >= 0.3 is 0 Å². The topological polar surface area (TPSA) is 66.4 Å². The van der Waals surface area contributed by atoms with E-state index in [1.165, 1.54) is 28.4 Å². The van der Waals surface area contributed by atoms with Crippen LogP contribution < -0.4 is 4.74 Å². The Morgan fingerprint density at radius 2 is 1.36 bits per heavy atom. The van der Waals surface area contributed by atoms with Crippen LogP contribution in [0.15, 0.2) is 54.6 Å². The van der Waals surface area contributed by atoms with E-state index in [0.717, 1.165) is 0 Å². The second-order valence-corrected chi connectivity index (χ2v) is 5.66. The molecule has 1 heterocycles. The zero-order valence-corrected chi connectivity index (χ0v) is 14.7. The zero-order chi connectivity index (χ0) is 18.1. The van der Waals surface area contributed by atoms with E-state index >= 15 is 0 Å². The number of hydrogen-bond acceptors (Lipinski definition) is 6. The lowest BCUT2D eigenvalue weighted by Crippen LogP contribution is -2.72. The van der Waals surface area contributed by atoms with E-state index in [0.29, 0.717) is 16.9 Å². The summed E-state index contributed by atoms with van der Waals surface area (Å²) in [5.41, 5.74) is 1.04. The minimum Gasteiger partial charge on any atom is -0.452 e. The van der Waals surface area contributed by atoms with Crippen LogP contribution in [-0.2, 0) is 30.5 Å². The maximum absolute atomic E-state index is 11.7. The van der Waals surface area contributed by atoms with Crippen LogP contribution in [0.3, 0.4) is 0 Å². The first-order chi connectivity index (χ1) is 12.0. The fourth-order valence-corrected chi connectivity index (χ4v) is 3.51. The molecule has 0 fully saturated rings. The van der Waals surface area contributed by atoms with Crippen molar-refractivity contribution in [1.82, 2.24) is 0 Å². The highest BCUT2D eigenvalue weighted by atomic mass is 16.8. The third-order valence-corrected chi connectivity index (χ3v) is 4.70. The maximum Gasteiger partial charge on any atom is 0.298 e. The van der Waals surface area contributed by atoms with Crippen molar-refractivity contribution in [3.63, 3.8) is 0 Å². The number of hydrogen-bond donors (Lipinski definition) is 1. The third kappa shape index (κ3) is 2.16. The Kier molecular flexibility index (Phi) is 4.57. The molecular weight excluding hydrogens is 324 g/mol. The number of rotatable bonds is 5. The SMILES string of the molecule is COC1(c2ccccc2)Oc2ccccc2C(OC)(OC)C1(O)OC. The molecule has 0 amide bonds. The highest BCUT2D eigenvalue weighted by Crippen LogP contribution is 2.56. The largest absolute Gasteiger partial charge is 0.452 e. The quantitative estimate of drug-likeness (QED) is 0.839. The Balaban J connectivity index is 2.38. The summed E-state index contributed by atoms with van der Waals surface area (Å²) in [6.07, 6.45) is 0. The Labute approximate surface area is 146 Å². The molecule has 2 atom stereocenters. The molecule has 0 aliphatic carbocycles. The van der Waals surface area contributed by atoms with Crippen LogP contribution in [0.25, 0.3) is 0 Å². The van der Waals surface area contributed by atoms with Gasteiger partial charge in [0.2, 0.25) is 0 Å². The molecule has 0 radical (unpaired) electrons. The maximum atomic E-state index is 11.7. The van der Waals surface area contributed by atoms with Gasteiger partial charge in [0.1, 0.15) is 5.75 Å². The minimum absolute atomic E-state index is 0.457. The number of methoxy groups -OCH3 is 4. The van der Waals surface area contributed by atoms with Crippen molar-refractivity contribution in [3.8, 4) is 5.75 Å². The molecule has 2 unspecified atom stereocenters. The molecule has 0 bridgehead atoms.